The Morgan fingerprint density at radius 3 is 2.40 bits per heavy atom. The van der Waals surface area contributed by atoms with E-state index >= 15 is 0 Å². The third-order valence-electron chi connectivity index (χ3n) is 2.80. The molecule has 0 radical (unpaired) electrons. The fraction of sp³-hybridized carbons (Fsp3) is 0.750. The van der Waals surface area contributed by atoms with E-state index in [4.69, 9.17) is 0 Å². The van der Waals surface area contributed by atoms with Crippen LogP contribution in [0.25, 0.3) is 0 Å². The smallest absolute Gasteiger partial charge is 0.0596 e. The van der Waals surface area contributed by atoms with Crippen LogP contribution in [0, 0.1) is 6.92 Å². The molecular weight excluding hydrogens is 186 g/mol. The zero-order chi connectivity index (χ0) is 11.3. The van der Waals surface area contributed by atoms with E-state index in [1.54, 1.807) is 0 Å². The first kappa shape index (κ1) is 12.2. The number of aryl methyl sites for hydroxylation is 2. The number of piperidine rings is 1. The molecule has 0 aromatic carbocycles. The molecule has 0 saturated carbocycles. The number of rotatable bonds is 1. The van der Waals surface area contributed by atoms with E-state index in [1.807, 2.05) is 25.6 Å². The van der Waals surface area contributed by atoms with Gasteiger partial charge >= 0.3 is 0 Å². The largest absolute Gasteiger partial charge is 0.317 e. The molecule has 0 atom stereocenters. The van der Waals surface area contributed by atoms with Crippen LogP contribution in [0.15, 0.2) is 6.07 Å². The molecule has 2 heterocycles. The van der Waals surface area contributed by atoms with Crippen molar-refractivity contribution in [3.05, 3.63) is 17.5 Å². The molecule has 1 saturated heterocycles. The first-order valence-corrected chi connectivity index (χ1v) is 5.98. The zero-order valence-electron chi connectivity index (χ0n) is 10.4. The summed E-state index contributed by atoms with van der Waals surface area (Å²) in [5, 5.41) is 7.76. The van der Waals surface area contributed by atoms with Gasteiger partial charge in [-0.2, -0.15) is 5.10 Å². The highest BCUT2D eigenvalue weighted by atomic mass is 15.3. The Labute approximate surface area is 92.9 Å². The molecule has 86 valence electrons. The average Bonchev–Trinajstić information content (AvgIpc) is 2.62. The van der Waals surface area contributed by atoms with Gasteiger partial charge in [-0.05, 0) is 38.9 Å². The standard InChI is InChI=1S/C10H17N3.C2H6/c1-8-7-10(13(2)12-8)9-3-5-11-6-4-9;1-2/h7,9,11H,3-6H2,1-2H3;1-2H3. The first-order valence-electron chi connectivity index (χ1n) is 5.98. The Bertz CT molecular complexity index is 285. The summed E-state index contributed by atoms with van der Waals surface area (Å²) in [5.74, 6) is 0.715. The topological polar surface area (TPSA) is 29.9 Å². The van der Waals surface area contributed by atoms with Crippen molar-refractivity contribution in [3.8, 4) is 0 Å². The summed E-state index contributed by atoms with van der Waals surface area (Å²) in [6, 6.07) is 2.22. The molecule has 0 aliphatic carbocycles. The van der Waals surface area contributed by atoms with Gasteiger partial charge in [-0.1, -0.05) is 13.8 Å². The van der Waals surface area contributed by atoms with Crippen LogP contribution in [-0.4, -0.2) is 22.9 Å². The van der Waals surface area contributed by atoms with Gasteiger partial charge in [-0.15, -0.1) is 0 Å². The summed E-state index contributed by atoms with van der Waals surface area (Å²) in [6.45, 7) is 8.36. The molecule has 3 nitrogen and oxygen atoms in total. The molecule has 1 aromatic rings. The molecular formula is C12H23N3. The van der Waals surface area contributed by atoms with Crippen LogP contribution in [0.5, 0.6) is 0 Å². The predicted octanol–water partition coefficient (Wildman–Crippen LogP) is 2.22. The molecule has 1 N–H and O–H groups in total. The Morgan fingerprint density at radius 2 is 1.93 bits per heavy atom. The van der Waals surface area contributed by atoms with Crippen LogP contribution < -0.4 is 5.32 Å². The first-order chi connectivity index (χ1) is 7.27. The lowest BCUT2D eigenvalue weighted by molar-refractivity contribution is 0.440. The molecule has 0 spiro atoms. The summed E-state index contributed by atoms with van der Waals surface area (Å²) in [6.07, 6.45) is 2.50. The number of aromatic nitrogens is 2. The van der Waals surface area contributed by atoms with Gasteiger partial charge in [0.2, 0.25) is 0 Å². The lowest BCUT2D eigenvalue weighted by Crippen LogP contribution is -2.27. The van der Waals surface area contributed by atoms with E-state index in [-0.39, 0.29) is 0 Å². The molecule has 3 heteroatoms. The number of hydrogen-bond donors (Lipinski definition) is 1. The van der Waals surface area contributed by atoms with Crippen LogP contribution in [0.2, 0.25) is 0 Å². The Morgan fingerprint density at radius 1 is 1.33 bits per heavy atom. The number of hydrogen-bond acceptors (Lipinski definition) is 2. The molecule has 1 aliphatic rings. The minimum atomic E-state index is 0.715. The van der Waals surface area contributed by atoms with Crippen LogP contribution >= 0.6 is 0 Å². The highest BCUT2D eigenvalue weighted by Crippen LogP contribution is 2.24. The van der Waals surface area contributed by atoms with Gasteiger partial charge in [0.25, 0.3) is 0 Å². The van der Waals surface area contributed by atoms with E-state index in [2.05, 4.69) is 23.4 Å². The predicted molar refractivity (Wildman–Crippen MR) is 64.1 cm³/mol. The van der Waals surface area contributed by atoms with Crippen LogP contribution in [0.4, 0.5) is 0 Å². The molecule has 0 unspecified atom stereocenters. The molecule has 15 heavy (non-hydrogen) atoms. The summed E-state index contributed by atoms with van der Waals surface area (Å²) in [4.78, 5) is 0. The maximum atomic E-state index is 4.38. The second-order valence-electron chi connectivity index (χ2n) is 3.86. The number of nitrogens with one attached hydrogen (secondary N) is 1. The van der Waals surface area contributed by atoms with Crippen molar-refractivity contribution < 1.29 is 0 Å². The Balaban J connectivity index is 0.000000531. The Kier molecular flexibility index (Phi) is 4.82. The quantitative estimate of drug-likeness (QED) is 0.768. The highest BCUT2D eigenvalue weighted by molar-refractivity contribution is 5.14. The average molecular weight is 209 g/mol. The fourth-order valence-electron chi connectivity index (χ4n) is 2.13. The third kappa shape index (κ3) is 3.06. The van der Waals surface area contributed by atoms with E-state index in [9.17, 15) is 0 Å². The summed E-state index contributed by atoms with van der Waals surface area (Å²) in [7, 11) is 2.05. The van der Waals surface area contributed by atoms with Gasteiger partial charge in [0.15, 0.2) is 0 Å². The third-order valence-corrected chi connectivity index (χ3v) is 2.80. The lowest BCUT2D eigenvalue weighted by atomic mass is 9.94. The van der Waals surface area contributed by atoms with Crippen molar-refractivity contribution in [2.75, 3.05) is 13.1 Å². The van der Waals surface area contributed by atoms with Crippen molar-refractivity contribution in [1.82, 2.24) is 15.1 Å². The summed E-state index contributed by atoms with van der Waals surface area (Å²) >= 11 is 0. The van der Waals surface area contributed by atoms with Gasteiger partial charge in [0, 0.05) is 18.7 Å². The van der Waals surface area contributed by atoms with Gasteiger partial charge in [-0.3, -0.25) is 4.68 Å². The SMILES string of the molecule is CC.Cc1cc(C2CCNCC2)n(C)n1. The van der Waals surface area contributed by atoms with E-state index in [0.29, 0.717) is 5.92 Å². The monoisotopic (exact) mass is 209 g/mol. The van der Waals surface area contributed by atoms with Crippen LogP contribution in [0.1, 0.15) is 44.0 Å². The van der Waals surface area contributed by atoms with E-state index in [1.165, 1.54) is 18.5 Å². The molecule has 1 fully saturated rings. The second kappa shape index (κ2) is 5.91. The molecule has 1 aliphatic heterocycles. The van der Waals surface area contributed by atoms with Crippen molar-refractivity contribution in [3.63, 3.8) is 0 Å². The molecule has 0 bridgehead atoms. The molecule has 2 rings (SSSR count). The minimum absolute atomic E-state index is 0.715. The van der Waals surface area contributed by atoms with Gasteiger partial charge in [-0.25, -0.2) is 0 Å². The van der Waals surface area contributed by atoms with Crippen molar-refractivity contribution in [2.45, 2.75) is 39.5 Å². The lowest BCUT2D eigenvalue weighted by Gasteiger charge is -2.22. The van der Waals surface area contributed by atoms with Crippen molar-refractivity contribution in [2.24, 2.45) is 7.05 Å². The minimum Gasteiger partial charge on any atom is -0.317 e. The normalized spacial score (nSPS) is 17.1. The maximum absolute atomic E-state index is 4.38. The maximum Gasteiger partial charge on any atom is 0.0596 e. The van der Waals surface area contributed by atoms with Crippen molar-refractivity contribution in [1.29, 1.82) is 0 Å². The van der Waals surface area contributed by atoms with Crippen LogP contribution in [0.3, 0.4) is 0 Å². The van der Waals surface area contributed by atoms with E-state index in [0.717, 1.165) is 18.8 Å². The second-order valence-corrected chi connectivity index (χ2v) is 3.86. The summed E-state index contributed by atoms with van der Waals surface area (Å²) < 4.78 is 2.03. The van der Waals surface area contributed by atoms with Gasteiger partial charge in [0.1, 0.15) is 0 Å². The fourth-order valence-corrected chi connectivity index (χ4v) is 2.13. The molecule has 1 aromatic heterocycles. The summed E-state index contributed by atoms with van der Waals surface area (Å²) in [5.41, 5.74) is 2.54. The van der Waals surface area contributed by atoms with E-state index < -0.39 is 0 Å². The van der Waals surface area contributed by atoms with Gasteiger partial charge in [0.05, 0.1) is 5.69 Å². The van der Waals surface area contributed by atoms with Crippen LogP contribution in [-0.2, 0) is 7.05 Å². The number of nitrogens with zero attached hydrogens (tertiary/aromatic N) is 2. The highest BCUT2D eigenvalue weighted by Gasteiger charge is 2.18. The zero-order valence-corrected chi connectivity index (χ0v) is 10.4. The molecule has 0 amide bonds. The Hall–Kier alpha value is -0.830. The van der Waals surface area contributed by atoms with Gasteiger partial charge < -0.3 is 5.32 Å². The van der Waals surface area contributed by atoms with Crippen molar-refractivity contribution >= 4 is 0 Å².